The first kappa shape index (κ1) is 21.4. The molecular formula is C24H26N6O2. The van der Waals surface area contributed by atoms with Gasteiger partial charge in [-0.25, -0.2) is 14.6 Å². The third kappa shape index (κ3) is 4.44. The summed E-state index contributed by atoms with van der Waals surface area (Å²) in [6, 6.07) is 9.26. The lowest BCUT2D eigenvalue weighted by Crippen LogP contribution is -2.16. The molecule has 4 heterocycles. The molecule has 0 unspecified atom stereocenters. The maximum absolute atomic E-state index is 13.3. The second-order valence-corrected chi connectivity index (χ2v) is 8.12. The van der Waals surface area contributed by atoms with Crippen LogP contribution >= 0.6 is 0 Å². The van der Waals surface area contributed by atoms with Crippen molar-refractivity contribution < 1.29 is 9.53 Å². The summed E-state index contributed by atoms with van der Waals surface area (Å²) >= 11 is 0. The van der Waals surface area contributed by atoms with Gasteiger partial charge in [0.1, 0.15) is 6.61 Å². The smallest absolute Gasteiger partial charge is 0.257 e. The zero-order valence-corrected chi connectivity index (χ0v) is 18.6. The Labute approximate surface area is 186 Å². The highest BCUT2D eigenvalue weighted by Gasteiger charge is 2.20. The molecule has 0 radical (unpaired) electrons. The Balaban J connectivity index is 1.65. The molecule has 8 nitrogen and oxygen atoms in total. The van der Waals surface area contributed by atoms with E-state index in [1.165, 1.54) is 0 Å². The quantitative estimate of drug-likeness (QED) is 0.454. The molecule has 0 bridgehead atoms. The number of pyridine rings is 3. The number of hydrogen-bond acceptors (Lipinski definition) is 6. The molecule has 0 aliphatic heterocycles. The van der Waals surface area contributed by atoms with Crippen LogP contribution in [-0.2, 0) is 6.61 Å². The van der Waals surface area contributed by atoms with Crippen molar-refractivity contribution in [2.45, 2.75) is 46.3 Å². The lowest BCUT2D eigenvalue weighted by Gasteiger charge is -2.14. The lowest BCUT2D eigenvalue weighted by molar-refractivity contribution is 0.102. The number of hydrogen-bond donors (Lipinski definition) is 1. The van der Waals surface area contributed by atoms with Gasteiger partial charge in [-0.15, -0.1) is 0 Å². The van der Waals surface area contributed by atoms with Crippen LogP contribution in [0.15, 0.2) is 55.1 Å². The third-order valence-electron chi connectivity index (χ3n) is 5.06. The summed E-state index contributed by atoms with van der Waals surface area (Å²) in [7, 11) is 0. The molecule has 0 aliphatic carbocycles. The third-order valence-corrected chi connectivity index (χ3v) is 5.06. The molecule has 0 atom stereocenters. The summed E-state index contributed by atoms with van der Waals surface area (Å²) in [6.07, 6.45) is 6.74. The Hall–Kier alpha value is -3.81. The van der Waals surface area contributed by atoms with Gasteiger partial charge in [-0.1, -0.05) is 13.8 Å². The van der Waals surface area contributed by atoms with Crippen molar-refractivity contribution in [3.05, 3.63) is 71.9 Å². The van der Waals surface area contributed by atoms with Crippen LogP contribution in [0.1, 0.15) is 61.3 Å². The predicted octanol–water partition coefficient (Wildman–Crippen LogP) is 4.76. The van der Waals surface area contributed by atoms with Gasteiger partial charge in [0.2, 0.25) is 0 Å². The highest BCUT2D eigenvalue weighted by atomic mass is 16.5. The fourth-order valence-electron chi connectivity index (χ4n) is 3.31. The van der Waals surface area contributed by atoms with E-state index >= 15 is 0 Å². The molecule has 4 aromatic rings. The summed E-state index contributed by atoms with van der Waals surface area (Å²) in [5, 5.41) is 8.07. The van der Waals surface area contributed by atoms with E-state index in [0.29, 0.717) is 34.8 Å². The molecule has 1 amide bonds. The van der Waals surface area contributed by atoms with Crippen molar-refractivity contribution in [3.63, 3.8) is 0 Å². The van der Waals surface area contributed by atoms with Gasteiger partial charge < -0.3 is 10.1 Å². The number of carbonyl (C=O) groups excluding carboxylic acids is 1. The number of amides is 1. The topological polar surface area (TPSA) is 94.8 Å². The van der Waals surface area contributed by atoms with E-state index in [1.807, 2.05) is 36.7 Å². The monoisotopic (exact) mass is 430 g/mol. The van der Waals surface area contributed by atoms with Crippen LogP contribution in [-0.4, -0.2) is 30.6 Å². The van der Waals surface area contributed by atoms with Gasteiger partial charge in [-0.2, -0.15) is 5.10 Å². The SMILES string of the molecule is CC(C)c1cc(C(=O)Nc2ncccc2OCc2ccncc2)c2cnn(C(C)C)c2n1. The van der Waals surface area contributed by atoms with Crippen molar-refractivity contribution in [1.29, 1.82) is 0 Å². The van der Waals surface area contributed by atoms with Crippen molar-refractivity contribution in [2.75, 3.05) is 5.32 Å². The van der Waals surface area contributed by atoms with Gasteiger partial charge in [0.05, 0.1) is 17.1 Å². The van der Waals surface area contributed by atoms with E-state index in [-0.39, 0.29) is 17.9 Å². The first-order valence-electron chi connectivity index (χ1n) is 10.6. The Morgan fingerprint density at radius 2 is 1.91 bits per heavy atom. The van der Waals surface area contributed by atoms with Gasteiger partial charge >= 0.3 is 0 Å². The Kier molecular flexibility index (Phi) is 6.11. The highest BCUT2D eigenvalue weighted by molar-refractivity contribution is 6.12. The van der Waals surface area contributed by atoms with Crippen molar-refractivity contribution in [1.82, 2.24) is 24.7 Å². The first-order valence-corrected chi connectivity index (χ1v) is 10.6. The largest absolute Gasteiger partial charge is 0.485 e. The van der Waals surface area contributed by atoms with E-state index in [1.54, 1.807) is 36.9 Å². The summed E-state index contributed by atoms with van der Waals surface area (Å²) in [5.41, 5.74) is 3.02. The number of anilines is 1. The van der Waals surface area contributed by atoms with Crippen molar-refractivity contribution >= 4 is 22.8 Å². The van der Waals surface area contributed by atoms with Crippen molar-refractivity contribution in [2.24, 2.45) is 0 Å². The average Bonchev–Trinajstić information content (AvgIpc) is 3.23. The minimum absolute atomic E-state index is 0.127. The number of rotatable bonds is 7. The molecule has 1 N–H and O–H groups in total. The number of nitrogens with one attached hydrogen (secondary N) is 1. The molecule has 4 rings (SSSR count). The van der Waals surface area contributed by atoms with E-state index in [0.717, 1.165) is 11.3 Å². The second kappa shape index (κ2) is 9.13. The van der Waals surface area contributed by atoms with E-state index in [9.17, 15) is 4.79 Å². The molecule has 0 aromatic carbocycles. The van der Waals surface area contributed by atoms with E-state index in [4.69, 9.17) is 9.72 Å². The zero-order valence-electron chi connectivity index (χ0n) is 18.6. The Morgan fingerprint density at radius 3 is 2.62 bits per heavy atom. The molecule has 0 aliphatic rings. The van der Waals surface area contributed by atoms with E-state index in [2.05, 4.69) is 34.2 Å². The molecule has 164 valence electrons. The standard InChI is InChI=1S/C24H26N6O2/c1-15(2)20-12-18(19-13-27-30(16(3)4)23(19)28-20)24(31)29-22-21(6-5-9-26-22)32-14-17-7-10-25-11-8-17/h5-13,15-16H,14H2,1-4H3,(H,26,29,31). The summed E-state index contributed by atoms with van der Waals surface area (Å²) in [5.74, 6) is 0.731. The first-order chi connectivity index (χ1) is 15.4. The maximum atomic E-state index is 13.3. The summed E-state index contributed by atoms with van der Waals surface area (Å²) in [4.78, 5) is 26.4. The van der Waals surface area contributed by atoms with Crippen LogP contribution in [0.4, 0.5) is 5.82 Å². The molecular weight excluding hydrogens is 404 g/mol. The summed E-state index contributed by atoms with van der Waals surface area (Å²) in [6.45, 7) is 8.52. The molecule has 0 spiro atoms. The molecule has 0 saturated carbocycles. The Bertz CT molecular complexity index is 1230. The number of aromatic nitrogens is 5. The minimum Gasteiger partial charge on any atom is -0.485 e. The van der Waals surface area contributed by atoms with Crippen molar-refractivity contribution in [3.8, 4) is 5.75 Å². The molecule has 0 saturated heterocycles. The fourth-order valence-corrected chi connectivity index (χ4v) is 3.31. The molecule has 0 fully saturated rings. The van der Waals surface area contributed by atoms with Gasteiger partial charge in [-0.3, -0.25) is 9.78 Å². The van der Waals surface area contributed by atoms with Gasteiger partial charge in [0.15, 0.2) is 17.2 Å². The normalized spacial score (nSPS) is 11.3. The van der Waals surface area contributed by atoms with Crippen LogP contribution in [0.5, 0.6) is 5.75 Å². The molecule has 32 heavy (non-hydrogen) atoms. The minimum atomic E-state index is -0.282. The van der Waals surface area contributed by atoms with Crippen LogP contribution in [0.25, 0.3) is 11.0 Å². The summed E-state index contributed by atoms with van der Waals surface area (Å²) < 4.78 is 7.75. The van der Waals surface area contributed by atoms with Gasteiger partial charge in [-0.05, 0) is 55.7 Å². The highest BCUT2D eigenvalue weighted by Crippen LogP contribution is 2.27. The maximum Gasteiger partial charge on any atom is 0.257 e. The van der Waals surface area contributed by atoms with Crippen LogP contribution < -0.4 is 10.1 Å². The average molecular weight is 431 g/mol. The van der Waals surface area contributed by atoms with Gasteiger partial charge in [0, 0.05) is 30.3 Å². The van der Waals surface area contributed by atoms with Gasteiger partial charge in [0.25, 0.3) is 5.91 Å². The van der Waals surface area contributed by atoms with E-state index < -0.39 is 0 Å². The van der Waals surface area contributed by atoms with Crippen LogP contribution in [0.3, 0.4) is 0 Å². The zero-order chi connectivity index (χ0) is 22.7. The second-order valence-electron chi connectivity index (χ2n) is 8.12. The fraction of sp³-hybridized carbons (Fsp3) is 0.292. The number of fused-ring (bicyclic) bond motifs is 1. The Morgan fingerprint density at radius 1 is 1.12 bits per heavy atom. The number of carbonyl (C=O) groups is 1. The number of nitrogens with zero attached hydrogens (tertiary/aromatic N) is 5. The van der Waals surface area contributed by atoms with Crippen LogP contribution in [0, 0.1) is 0 Å². The molecule has 8 heteroatoms. The van der Waals surface area contributed by atoms with Crippen LogP contribution in [0.2, 0.25) is 0 Å². The lowest BCUT2D eigenvalue weighted by atomic mass is 10.0. The molecule has 4 aromatic heterocycles. The predicted molar refractivity (Wildman–Crippen MR) is 123 cm³/mol. The number of ether oxygens (including phenoxy) is 1.